The minimum absolute atomic E-state index is 0.0441. The number of para-hydroxylation sites is 1. The lowest BCUT2D eigenvalue weighted by Gasteiger charge is -2.42. The molecule has 2 N–H and O–H groups in total. The number of nitrogens with zero attached hydrogens (tertiary/aromatic N) is 4. The molecule has 6 rings (SSSR count). The fourth-order valence-corrected chi connectivity index (χ4v) is 8.16. The van der Waals surface area contributed by atoms with Gasteiger partial charge >= 0.3 is 6.03 Å². The van der Waals surface area contributed by atoms with Crippen molar-refractivity contribution >= 4 is 28.7 Å². The minimum Gasteiger partial charge on any atom is -0.361 e. The van der Waals surface area contributed by atoms with E-state index in [-0.39, 0.29) is 41.1 Å². The van der Waals surface area contributed by atoms with Crippen LogP contribution in [0.2, 0.25) is 0 Å². The van der Waals surface area contributed by atoms with E-state index in [1.807, 2.05) is 63.4 Å². The molecule has 45 heavy (non-hydrogen) atoms. The Morgan fingerprint density at radius 1 is 1.00 bits per heavy atom. The molecule has 3 aromatic rings. The van der Waals surface area contributed by atoms with E-state index in [0.29, 0.717) is 13.1 Å². The number of aromatic nitrogens is 1. The van der Waals surface area contributed by atoms with Gasteiger partial charge in [-0.05, 0) is 68.5 Å². The van der Waals surface area contributed by atoms with Crippen LogP contribution in [0.15, 0.2) is 54.7 Å². The van der Waals surface area contributed by atoms with Crippen LogP contribution in [-0.4, -0.2) is 109 Å². The summed E-state index contributed by atoms with van der Waals surface area (Å²) in [4.78, 5) is 52.5. The summed E-state index contributed by atoms with van der Waals surface area (Å²) in [6.07, 6.45) is 6.35. The molecule has 2 aliphatic heterocycles. The van der Waals surface area contributed by atoms with Gasteiger partial charge in [-0.2, -0.15) is 0 Å². The van der Waals surface area contributed by atoms with Crippen LogP contribution in [0.3, 0.4) is 0 Å². The number of carbonyl (C=O) groups is 3. The Morgan fingerprint density at radius 2 is 1.71 bits per heavy atom. The van der Waals surface area contributed by atoms with E-state index in [4.69, 9.17) is 0 Å². The second-order valence-corrected chi connectivity index (χ2v) is 13.9. The van der Waals surface area contributed by atoms with Crippen molar-refractivity contribution in [3.8, 4) is 0 Å². The van der Waals surface area contributed by atoms with Gasteiger partial charge in [0, 0.05) is 75.3 Å². The third kappa shape index (κ3) is 5.83. The van der Waals surface area contributed by atoms with Gasteiger partial charge in [-0.1, -0.05) is 49.4 Å². The standard InChI is InChI=1S/C36H48N6O3/c1-24(29-22-37-31-15-9-7-13-27(29)31)32(38-35(45)41(5)25-11-10-18-40(4)23-25)34(44)42-19-16-36(17-20-42)21-28(33(43)39(2)3)26-12-6-8-14-30(26)36/h6-9,12-15,22,24-25,28,32,37H,10-11,16-21,23H2,1-5H3,(H,38,45)/t24?,25?,28-,32?/m1/s1. The molecule has 3 aliphatic rings. The Bertz CT molecular complexity index is 1560. The zero-order valence-corrected chi connectivity index (χ0v) is 27.4. The fraction of sp³-hybridized carbons (Fsp3) is 0.528. The zero-order valence-electron chi connectivity index (χ0n) is 27.4. The second-order valence-electron chi connectivity index (χ2n) is 13.9. The molecule has 3 heterocycles. The first-order chi connectivity index (χ1) is 21.6. The summed E-state index contributed by atoms with van der Waals surface area (Å²) in [5.41, 5.74) is 4.30. The maximum Gasteiger partial charge on any atom is 0.318 e. The van der Waals surface area contributed by atoms with Gasteiger partial charge < -0.3 is 29.9 Å². The number of benzene rings is 2. The minimum atomic E-state index is -0.714. The van der Waals surface area contributed by atoms with Gasteiger partial charge in [-0.3, -0.25) is 9.59 Å². The highest BCUT2D eigenvalue weighted by Gasteiger charge is 2.49. The van der Waals surface area contributed by atoms with Crippen LogP contribution in [0.25, 0.3) is 10.9 Å². The lowest BCUT2D eigenvalue weighted by atomic mass is 9.73. The Balaban J connectivity index is 1.23. The molecule has 4 amide bonds. The number of H-pyrrole nitrogens is 1. The van der Waals surface area contributed by atoms with Crippen LogP contribution in [0.1, 0.15) is 67.6 Å². The quantitative estimate of drug-likeness (QED) is 0.429. The number of nitrogens with one attached hydrogen (secondary N) is 2. The molecule has 1 aromatic heterocycles. The first-order valence-electron chi connectivity index (χ1n) is 16.5. The molecule has 9 heteroatoms. The van der Waals surface area contributed by atoms with Crippen molar-refractivity contribution in [3.63, 3.8) is 0 Å². The first-order valence-corrected chi connectivity index (χ1v) is 16.5. The van der Waals surface area contributed by atoms with Crippen molar-refractivity contribution in [2.75, 3.05) is 54.4 Å². The van der Waals surface area contributed by atoms with Gasteiger partial charge in [0.2, 0.25) is 11.8 Å². The average molecular weight is 613 g/mol. The number of likely N-dealkylation sites (tertiary alicyclic amines) is 2. The summed E-state index contributed by atoms with van der Waals surface area (Å²) in [6, 6.07) is 15.7. The lowest BCUT2D eigenvalue weighted by Crippen LogP contribution is -2.58. The fourth-order valence-electron chi connectivity index (χ4n) is 8.16. The molecule has 0 saturated carbocycles. The molecule has 1 spiro atoms. The van der Waals surface area contributed by atoms with Crippen LogP contribution in [0.5, 0.6) is 0 Å². The smallest absolute Gasteiger partial charge is 0.318 e. The monoisotopic (exact) mass is 612 g/mol. The maximum absolute atomic E-state index is 14.5. The highest BCUT2D eigenvalue weighted by atomic mass is 16.2. The summed E-state index contributed by atoms with van der Waals surface area (Å²) in [7, 11) is 7.59. The predicted molar refractivity (Wildman–Crippen MR) is 177 cm³/mol. The van der Waals surface area contributed by atoms with Gasteiger partial charge in [0.1, 0.15) is 6.04 Å². The number of hydrogen-bond acceptors (Lipinski definition) is 4. The van der Waals surface area contributed by atoms with E-state index in [2.05, 4.69) is 46.5 Å². The molecule has 4 atom stereocenters. The second kappa shape index (κ2) is 12.5. The average Bonchev–Trinajstić information content (AvgIpc) is 3.62. The Hall–Kier alpha value is -3.85. The SMILES string of the molecule is CC(c1c[nH]c2ccccc12)C(NC(=O)N(C)C1CCCN(C)C1)C(=O)N1CCC2(CC1)C[C@@H](C(=O)N(C)C)c1ccccc12. The van der Waals surface area contributed by atoms with E-state index < -0.39 is 6.04 Å². The van der Waals surface area contributed by atoms with E-state index >= 15 is 0 Å². The van der Waals surface area contributed by atoms with Crippen molar-refractivity contribution in [2.24, 2.45) is 0 Å². The number of hydrogen-bond donors (Lipinski definition) is 2. The first kappa shape index (κ1) is 31.1. The Labute approximate surface area is 266 Å². The topological polar surface area (TPSA) is 92.0 Å². The molecular formula is C36H48N6O3. The third-order valence-corrected chi connectivity index (χ3v) is 10.9. The molecule has 3 unspecified atom stereocenters. The lowest BCUT2D eigenvalue weighted by molar-refractivity contribution is -0.136. The summed E-state index contributed by atoms with van der Waals surface area (Å²) in [5.74, 6) is -0.300. The van der Waals surface area contributed by atoms with Gasteiger partial charge in [-0.25, -0.2) is 4.79 Å². The number of carbonyl (C=O) groups excluding carboxylic acids is 3. The van der Waals surface area contributed by atoms with Crippen LogP contribution < -0.4 is 5.32 Å². The number of rotatable bonds is 6. The molecule has 9 nitrogen and oxygen atoms in total. The molecule has 1 aliphatic carbocycles. The summed E-state index contributed by atoms with van der Waals surface area (Å²) >= 11 is 0. The summed E-state index contributed by atoms with van der Waals surface area (Å²) < 4.78 is 0. The molecule has 2 aromatic carbocycles. The predicted octanol–water partition coefficient (Wildman–Crippen LogP) is 4.51. The molecule has 0 radical (unpaired) electrons. The van der Waals surface area contributed by atoms with Gasteiger partial charge in [0.05, 0.1) is 5.92 Å². The number of fused-ring (bicyclic) bond motifs is 3. The van der Waals surface area contributed by atoms with Gasteiger partial charge in [-0.15, -0.1) is 0 Å². The molecule has 240 valence electrons. The van der Waals surface area contributed by atoms with Crippen molar-refractivity contribution in [3.05, 3.63) is 71.4 Å². The van der Waals surface area contributed by atoms with Crippen LogP contribution >= 0.6 is 0 Å². The number of likely N-dealkylation sites (N-methyl/N-ethyl adjacent to an activating group) is 3. The number of aromatic amines is 1. The van der Waals surface area contributed by atoms with Crippen LogP contribution in [0, 0.1) is 0 Å². The zero-order chi connectivity index (χ0) is 31.9. The van der Waals surface area contributed by atoms with E-state index in [1.54, 1.807) is 9.80 Å². The number of amides is 4. The molecule has 2 saturated heterocycles. The Kier molecular flexibility index (Phi) is 8.66. The van der Waals surface area contributed by atoms with Crippen molar-refractivity contribution in [1.82, 2.24) is 29.9 Å². The normalized spacial score (nSPS) is 22.6. The molecular weight excluding hydrogens is 564 g/mol. The third-order valence-electron chi connectivity index (χ3n) is 10.9. The van der Waals surface area contributed by atoms with Gasteiger partial charge in [0.15, 0.2) is 0 Å². The highest BCUT2D eigenvalue weighted by molar-refractivity contribution is 5.90. The molecule has 2 fully saturated rings. The van der Waals surface area contributed by atoms with Crippen LogP contribution in [-0.2, 0) is 15.0 Å². The molecule has 0 bridgehead atoms. The highest BCUT2D eigenvalue weighted by Crippen LogP contribution is 2.52. The Morgan fingerprint density at radius 3 is 2.44 bits per heavy atom. The van der Waals surface area contributed by atoms with Crippen molar-refractivity contribution in [2.45, 2.75) is 68.4 Å². The van der Waals surface area contributed by atoms with Crippen molar-refractivity contribution < 1.29 is 14.4 Å². The number of urea groups is 1. The summed E-state index contributed by atoms with van der Waals surface area (Å²) in [5, 5.41) is 4.27. The van der Waals surface area contributed by atoms with E-state index in [9.17, 15) is 14.4 Å². The maximum atomic E-state index is 14.5. The number of piperidine rings is 2. The van der Waals surface area contributed by atoms with E-state index in [0.717, 1.165) is 67.2 Å². The van der Waals surface area contributed by atoms with Crippen LogP contribution in [0.4, 0.5) is 4.79 Å². The summed E-state index contributed by atoms with van der Waals surface area (Å²) in [6.45, 7) is 5.09. The van der Waals surface area contributed by atoms with Crippen molar-refractivity contribution in [1.29, 1.82) is 0 Å². The van der Waals surface area contributed by atoms with Gasteiger partial charge in [0.25, 0.3) is 0 Å². The largest absolute Gasteiger partial charge is 0.361 e. The van der Waals surface area contributed by atoms with E-state index in [1.165, 1.54) is 5.56 Å².